The van der Waals surface area contributed by atoms with Crippen molar-refractivity contribution in [1.29, 1.82) is 0 Å². The van der Waals surface area contributed by atoms with Gasteiger partial charge in [-0.25, -0.2) is 4.39 Å². The molecule has 1 aliphatic rings. The van der Waals surface area contributed by atoms with E-state index in [0.29, 0.717) is 19.4 Å². The van der Waals surface area contributed by atoms with Crippen LogP contribution >= 0.6 is 0 Å². The molecule has 1 heterocycles. The van der Waals surface area contributed by atoms with Gasteiger partial charge in [-0.1, -0.05) is 0 Å². The maximum Gasteiger partial charge on any atom is 0.222 e. The first-order valence-electron chi connectivity index (χ1n) is 4.76. The monoisotopic (exact) mass is 188 g/mol. The molecule has 1 atom stereocenters. The number of amides is 1. The van der Waals surface area contributed by atoms with Crippen LogP contribution in [0.1, 0.15) is 25.7 Å². The Kier molecular flexibility index (Phi) is 3.66. The third-order valence-electron chi connectivity index (χ3n) is 2.48. The summed E-state index contributed by atoms with van der Waals surface area (Å²) in [6.07, 6.45) is 1.76. The fourth-order valence-corrected chi connectivity index (χ4v) is 1.65. The second kappa shape index (κ2) is 4.56. The van der Waals surface area contributed by atoms with E-state index in [0.717, 1.165) is 13.0 Å². The van der Waals surface area contributed by atoms with Gasteiger partial charge in [0.05, 0.1) is 6.42 Å². The predicted octanol–water partition coefficient (Wildman–Crippen LogP) is 0.604. The van der Waals surface area contributed by atoms with Gasteiger partial charge in [-0.3, -0.25) is 4.79 Å². The zero-order chi connectivity index (χ0) is 9.73. The first-order chi connectivity index (χ1) is 6.16. The van der Waals surface area contributed by atoms with Crippen LogP contribution in [0.4, 0.5) is 4.39 Å². The topological polar surface area (TPSA) is 41.1 Å². The van der Waals surface area contributed by atoms with Gasteiger partial charge >= 0.3 is 0 Å². The molecule has 3 nitrogen and oxygen atoms in total. The van der Waals surface area contributed by atoms with Crippen LogP contribution in [-0.4, -0.2) is 31.7 Å². The average Bonchev–Trinajstić information content (AvgIpc) is 2.30. The van der Waals surface area contributed by atoms with Crippen molar-refractivity contribution >= 4 is 5.91 Å². The van der Waals surface area contributed by atoms with Gasteiger partial charge in [0, 0.05) is 7.05 Å². The maximum absolute atomic E-state index is 14.0. The van der Waals surface area contributed by atoms with Gasteiger partial charge in [-0.2, -0.15) is 0 Å². The highest BCUT2D eigenvalue weighted by atomic mass is 19.1. The Bertz CT molecular complexity index is 176. The summed E-state index contributed by atoms with van der Waals surface area (Å²) in [7, 11) is 1.54. The number of alkyl halides is 1. The first kappa shape index (κ1) is 10.4. The summed E-state index contributed by atoms with van der Waals surface area (Å²) in [4.78, 5) is 11.0. The molecule has 1 aliphatic heterocycles. The molecule has 2 N–H and O–H groups in total. The lowest BCUT2D eigenvalue weighted by Gasteiger charge is -2.21. The molecule has 1 rings (SSSR count). The fraction of sp³-hybridized carbons (Fsp3) is 0.889. The third-order valence-corrected chi connectivity index (χ3v) is 2.48. The van der Waals surface area contributed by atoms with E-state index in [4.69, 9.17) is 0 Å². The zero-order valence-electron chi connectivity index (χ0n) is 8.03. The normalized spacial score (nSPS) is 29.4. The minimum atomic E-state index is -1.29. The summed E-state index contributed by atoms with van der Waals surface area (Å²) < 4.78 is 14.0. The van der Waals surface area contributed by atoms with E-state index in [9.17, 15) is 9.18 Å². The second-order valence-corrected chi connectivity index (χ2v) is 3.60. The molecule has 76 valence electrons. The van der Waals surface area contributed by atoms with E-state index in [1.165, 1.54) is 0 Å². The number of carbonyl (C=O) groups excluding carboxylic acids is 1. The summed E-state index contributed by atoms with van der Waals surface area (Å²) in [5.41, 5.74) is -1.29. The van der Waals surface area contributed by atoms with Crippen LogP contribution in [0.2, 0.25) is 0 Å². The van der Waals surface area contributed by atoms with Crippen LogP contribution in [0.3, 0.4) is 0 Å². The summed E-state index contributed by atoms with van der Waals surface area (Å²) in [5.74, 6) is -0.204. The lowest BCUT2D eigenvalue weighted by molar-refractivity contribution is -0.123. The lowest BCUT2D eigenvalue weighted by atomic mass is 9.93. The standard InChI is InChI=1S/C9H17FN2O/c1-11-8(13)7-9(10)3-2-5-12-6-4-9/h12H,2-7H2,1H3,(H,11,13). The number of halogens is 1. The Morgan fingerprint density at radius 3 is 3.00 bits per heavy atom. The largest absolute Gasteiger partial charge is 0.359 e. The molecular formula is C9H17FN2O. The van der Waals surface area contributed by atoms with Crippen LogP contribution in [-0.2, 0) is 4.79 Å². The number of hydrogen-bond acceptors (Lipinski definition) is 2. The number of rotatable bonds is 2. The maximum atomic E-state index is 14.0. The molecule has 1 fully saturated rings. The van der Waals surface area contributed by atoms with E-state index in [-0.39, 0.29) is 12.3 Å². The van der Waals surface area contributed by atoms with Gasteiger partial charge in [0.25, 0.3) is 0 Å². The Morgan fingerprint density at radius 1 is 1.54 bits per heavy atom. The molecule has 0 spiro atoms. The Hall–Kier alpha value is -0.640. The highest BCUT2D eigenvalue weighted by molar-refractivity contribution is 5.76. The van der Waals surface area contributed by atoms with Crippen LogP contribution in [0.5, 0.6) is 0 Å². The smallest absolute Gasteiger partial charge is 0.222 e. The predicted molar refractivity (Wildman–Crippen MR) is 49.2 cm³/mol. The summed E-state index contributed by atoms with van der Waals surface area (Å²) in [5, 5.41) is 5.58. The summed E-state index contributed by atoms with van der Waals surface area (Å²) in [6.45, 7) is 1.53. The molecule has 1 saturated heterocycles. The number of nitrogens with one attached hydrogen (secondary N) is 2. The molecule has 1 amide bonds. The molecule has 0 aromatic carbocycles. The van der Waals surface area contributed by atoms with Crippen LogP contribution in [0.15, 0.2) is 0 Å². The van der Waals surface area contributed by atoms with E-state index >= 15 is 0 Å². The Labute approximate surface area is 78.1 Å². The quantitative estimate of drug-likeness (QED) is 0.666. The summed E-state index contributed by atoms with van der Waals surface area (Å²) >= 11 is 0. The van der Waals surface area contributed by atoms with E-state index in [2.05, 4.69) is 10.6 Å². The lowest BCUT2D eigenvalue weighted by Crippen LogP contribution is -2.32. The molecule has 0 aromatic rings. The molecule has 0 aromatic heterocycles. The molecule has 0 saturated carbocycles. The van der Waals surface area contributed by atoms with Gasteiger partial charge in [0.2, 0.25) is 5.91 Å². The van der Waals surface area contributed by atoms with Crippen molar-refractivity contribution in [3.05, 3.63) is 0 Å². The van der Waals surface area contributed by atoms with E-state index in [1.54, 1.807) is 7.05 Å². The summed E-state index contributed by atoms with van der Waals surface area (Å²) in [6, 6.07) is 0. The van der Waals surface area contributed by atoms with Crippen molar-refractivity contribution < 1.29 is 9.18 Å². The van der Waals surface area contributed by atoms with Crippen molar-refractivity contribution in [2.75, 3.05) is 20.1 Å². The highest BCUT2D eigenvalue weighted by Crippen LogP contribution is 2.27. The van der Waals surface area contributed by atoms with Crippen LogP contribution in [0, 0.1) is 0 Å². The third kappa shape index (κ3) is 3.30. The molecule has 4 heteroatoms. The minimum absolute atomic E-state index is 0.00514. The fourth-order valence-electron chi connectivity index (χ4n) is 1.65. The van der Waals surface area contributed by atoms with Gasteiger partial charge < -0.3 is 10.6 Å². The van der Waals surface area contributed by atoms with Crippen LogP contribution in [0.25, 0.3) is 0 Å². The van der Waals surface area contributed by atoms with Crippen molar-refractivity contribution in [3.63, 3.8) is 0 Å². The molecule has 0 bridgehead atoms. The molecular weight excluding hydrogens is 171 g/mol. The van der Waals surface area contributed by atoms with E-state index in [1.807, 2.05) is 0 Å². The number of hydrogen-bond donors (Lipinski definition) is 2. The average molecular weight is 188 g/mol. The Balaban J connectivity index is 2.46. The second-order valence-electron chi connectivity index (χ2n) is 3.60. The highest BCUT2D eigenvalue weighted by Gasteiger charge is 2.32. The van der Waals surface area contributed by atoms with Gasteiger partial charge in [-0.05, 0) is 32.4 Å². The van der Waals surface area contributed by atoms with Crippen molar-refractivity contribution in [2.24, 2.45) is 0 Å². The Morgan fingerprint density at radius 2 is 2.31 bits per heavy atom. The SMILES string of the molecule is CNC(=O)CC1(F)CCCNCC1. The van der Waals surface area contributed by atoms with Gasteiger partial charge in [0.15, 0.2) is 0 Å². The minimum Gasteiger partial charge on any atom is -0.359 e. The van der Waals surface area contributed by atoms with Crippen molar-refractivity contribution in [2.45, 2.75) is 31.4 Å². The molecule has 0 radical (unpaired) electrons. The van der Waals surface area contributed by atoms with Gasteiger partial charge in [-0.15, -0.1) is 0 Å². The van der Waals surface area contributed by atoms with Crippen molar-refractivity contribution in [1.82, 2.24) is 10.6 Å². The number of carbonyl (C=O) groups is 1. The molecule has 0 aliphatic carbocycles. The molecule has 1 unspecified atom stereocenters. The van der Waals surface area contributed by atoms with Crippen molar-refractivity contribution in [3.8, 4) is 0 Å². The molecule has 13 heavy (non-hydrogen) atoms. The van der Waals surface area contributed by atoms with E-state index < -0.39 is 5.67 Å². The van der Waals surface area contributed by atoms with Gasteiger partial charge in [0.1, 0.15) is 5.67 Å². The van der Waals surface area contributed by atoms with Crippen LogP contribution < -0.4 is 10.6 Å². The first-order valence-corrected chi connectivity index (χ1v) is 4.76. The zero-order valence-corrected chi connectivity index (χ0v) is 8.03.